The highest BCUT2D eigenvalue weighted by Gasteiger charge is 2.13. The molecule has 0 aliphatic heterocycles. The molecule has 0 unspecified atom stereocenters. The fourth-order valence-corrected chi connectivity index (χ4v) is 3.12. The highest BCUT2D eigenvalue weighted by molar-refractivity contribution is 6.30. The van der Waals surface area contributed by atoms with Crippen LogP contribution in [0.5, 0.6) is 11.5 Å². The zero-order valence-corrected chi connectivity index (χ0v) is 16.5. The average molecular weight is 409 g/mol. The lowest BCUT2D eigenvalue weighted by Crippen LogP contribution is -2.12. The number of hydrogen-bond acceptors (Lipinski definition) is 5. The molecule has 1 aromatic heterocycles. The van der Waals surface area contributed by atoms with Gasteiger partial charge in [0.1, 0.15) is 5.52 Å². The maximum atomic E-state index is 12.6. The molecule has 0 bridgehead atoms. The molecule has 1 N–H and O–H groups in total. The lowest BCUT2D eigenvalue weighted by molar-refractivity contribution is 0.102. The van der Waals surface area contributed by atoms with Crippen LogP contribution >= 0.6 is 11.6 Å². The van der Waals surface area contributed by atoms with Crippen LogP contribution in [-0.2, 0) is 0 Å². The Labute approximate surface area is 172 Å². The number of oxazole rings is 1. The Morgan fingerprint density at radius 3 is 2.59 bits per heavy atom. The molecule has 4 aromatic rings. The number of fused-ring (bicyclic) bond motifs is 1. The Kier molecular flexibility index (Phi) is 5.10. The van der Waals surface area contributed by atoms with Crippen LogP contribution in [0.3, 0.4) is 0 Å². The van der Waals surface area contributed by atoms with Crippen LogP contribution in [0.25, 0.3) is 22.6 Å². The van der Waals surface area contributed by atoms with Crippen LogP contribution in [0.1, 0.15) is 10.4 Å². The topological polar surface area (TPSA) is 73.6 Å². The van der Waals surface area contributed by atoms with Gasteiger partial charge >= 0.3 is 0 Å². The standard InChI is InChI=1S/C22H17ClN2O4/c1-27-19-8-6-13(11-20(19)28-2)21(26)24-16-7-9-18-17(12-16)25-22(29-18)14-4-3-5-15(23)10-14/h3-12H,1-2H3,(H,24,26). The first-order valence-corrected chi connectivity index (χ1v) is 9.15. The van der Waals surface area contributed by atoms with Crippen molar-refractivity contribution in [3.05, 3.63) is 71.2 Å². The molecule has 1 heterocycles. The fourth-order valence-electron chi connectivity index (χ4n) is 2.93. The van der Waals surface area contributed by atoms with Crippen molar-refractivity contribution in [1.82, 2.24) is 4.98 Å². The molecule has 7 heteroatoms. The monoisotopic (exact) mass is 408 g/mol. The lowest BCUT2D eigenvalue weighted by Gasteiger charge is -2.10. The van der Waals surface area contributed by atoms with Gasteiger partial charge in [-0.1, -0.05) is 17.7 Å². The third-order valence-corrected chi connectivity index (χ3v) is 4.60. The molecule has 0 radical (unpaired) electrons. The SMILES string of the molecule is COc1ccc(C(=O)Nc2ccc3oc(-c4cccc(Cl)c4)nc3c2)cc1OC. The molecule has 0 saturated carbocycles. The van der Waals surface area contributed by atoms with E-state index in [1.54, 1.807) is 55.6 Å². The second kappa shape index (κ2) is 7.85. The summed E-state index contributed by atoms with van der Waals surface area (Å²) in [5, 5.41) is 3.46. The molecule has 3 aromatic carbocycles. The molecule has 146 valence electrons. The van der Waals surface area contributed by atoms with Gasteiger partial charge in [-0.15, -0.1) is 0 Å². The summed E-state index contributed by atoms with van der Waals surface area (Å²) >= 11 is 6.04. The van der Waals surface area contributed by atoms with Crippen molar-refractivity contribution in [3.63, 3.8) is 0 Å². The molecule has 0 fully saturated rings. The number of methoxy groups -OCH3 is 2. The van der Waals surface area contributed by atoms with E-state index in [0.717, 1.165) is 5.56 Å². The number of amides is 1. The zero-order valence-electron chi connectivity index (χ0n) is 15.7. The maximum absolute atomic E-state index is 12.6. The summed E-state index contributed by atoms with van der Waals surface area (Å²) in [6, 6.07) is 17.5. The summed E-state index contributed by atoms with van der Waals surface area (Å²) in [4.78, 5) is 17.1. The first kappa shape index (κ1) is 18.8. The van der Waals surface area contributed by atoms with Gasteiger partial charge in [0.25, 0.3) is 5.91 Å². The predicted molar refractivity (Wildman–Crippen MR) is 112 cm³/mol. The van der Waals surface area contributed by atoms with Gasteiger partial charge in [-0.2, -0.15) is 0 Å². The number of nitrogens with zero attached hydrogens (tertiary/aromatic N) is 1. The normalized spacial score (nSPS) is 10.7. The highest BCUT2D eigenvalue weighted by atomic mass is 35.5. The van der Waals surface area contributed by atoms with Gasteiger partial charge in [0.05, 0.1) is 14.2 Å². The molecule has 0 spiro atoms. The summed E-state index contributed by atoms with van der Waals surface area (Å²) in [6.45, 7) is 0. The number of rotatable bonds is 5. The van der Waals surface area contributed by atoms with Crippen molar-refractivity contribution in [1.29, 1.82) is 0 Å². The third kappa shape index (κ3) is 3.88. The van der Waals surface area contributed by atoms with Gasteiger partial charge in [0.2, 0.25) is 5.89 Å². The van der Waals surface area contributed by atoms with Crippen molar-refractivity contribution in [2.75, 3.05) is 19.5 Å². The van der Waals surface area contributed by atoms with Gasteiger partial charge in [0.15, 0.2) is 17.1 Å². The minimum Gasteiger partial charge on any atom is -0.493 e. The lowest BCUT2D eigenvalue weighted by atomic mass is 10.1. The van der Waals surface area contributed by atoms with E-state index < -0.39 is 0 Å². The average Bonchev–Trinajstić information content (AvgIpc) is 3.16. The smallest absolute Gasteiger partial charge is 0.255 e. The fraction of sp³-hybridized carbons (Fsp3) is 0.0909. The Bertz CT molecular complexity index is 1200. The number of carbonyl (C=O) groups is 1. The van der Waals surface area contributed by atoms with E-state index in [0.29, 0.717) is 44.8 Å². The van der Waals surface area contributed by atoms with Crippen molar-refractivity contribution < 1.29 is 18.7 Å². The number of halogens is 1. The number of aromatic nitrogens is 1. The van der Waals surface area contributed by atoms with E-state index in [-0.39, 0.29) is 5.91 Å². The molecule has 0 saturated heterocycles. The van der Waals surface area contributed by atoms with E-state index in [9.17, 15) is 4.79 Å². The zero-order chi connectivity index (χ0) is 20.4. The van der Waals surface area contributed by atoms with E-state index >= 15 is 0 Å². The van der Waals surface area contributed by atoms with E-state index in [4.69, 9.17) is 25.5 Å². The summed E-state index contributed by atoms with van der Waals surface area (Å²) in [5.74, 6) is 1.23. The number of nitrogens with one attached hydrogen (secondary N) is 1. The van der Waals surface area contributed by atoms with Crippen molar-refractivity contribution in [3.8, 4) is 23.0 Å². The first-order valence-electron chi connectivity index (χ1n) is 8.77. The second-order valence-corrected chi connectivity index (χ2v) is 6.67. The second-order valence-electron chi connectivity index (χ2n) is 6.24. The number of ether oxygens (including phenoxy) is 2. The first-order chi connectivity index (χ1) is 14.1. The summed E-state index contributed by atoms with van der Waals surface area (Å²) < 4.78 is 16.2. The summed E-state index contributed by atoms with van der Waals surface area (Å²) in [5.41, 5.74) is 3.07. The van der Waals surface area contributed by atoms with E-state index in [2.05, 4.69) is 10.3 Å². The van der Waals surface area contributed by atoms with Crippen LogP contribution in [-0.4, -0.2) is 25.1 Å². The molecule has 6 nitrogen and oxygen atoms in total. The van der Waals surface area contributed by atoms with Gasteiger partial charge < -0.3 is 19.2 Å². The third-order valence-electron chi connectivity index (χ3n) is 4.36. The number of benzene rings is 3. The summed E-state index contributed by atoms with van der Waals surface area (Å²) in [7, 11) is 3.07. The van der Waals surface area contributed by atoms with Crippen LogP contribution < -0.4 is 14.8 Å². The van der Waals surface area contributed by atoms with Crippen LogP contribution in [0, 0.1) is 0 Å². The van der Waals surface area contributed by atoms with Gasteiger partial charge in [-0.3, -0.25) is 4.79 Å². The van der Waals surface area contributed by atoms with Crippen molar-refractivity contribution in [2.24, 2.45) is 0 Å². The Balaban J connectivity index is 1.59. The molecular formula is C22H17ClN2O4. The van der Waals surface area contributed by atoms with E-state index in [1.807, 2.05) is 12.1 Å². The number of anilines is 1. The highest BCUT2D eigenvalue weighted by Crippen LogP contribution is 2.29. The van der Waals surface area contributed by atoms with Crippen LogP contribution in [0.4, 0.5) is 5.69 Å². The molecular weight excluding hydrogens is 392 g/mol. The molecule has 29 heavy (non-hydrogen) atoms. The Hall–Kier alpha value is -3.51. The van der Waals surface area contributed by atoms with Crippen LogP contribution in [0.2, 0.25) is 5.02 Å². The van der Waals surface area contributed by atoms with Gasteiger partial charge in [0, 0.05) is 21.8 Å². The van der Waals surface area contributed by atoms with Gasteiger partial charge in [-0.05, 0) is 54.6 Å². The Morgan fingerprint density at radius 2 is 1.83 bits per heavy atom. The molecule has 1 amide bonds. The largest absolute Gasteiger partial charge is 0.493 e. The minimum atomic E-state index is -0.274. The van der Waals surface area contributed by atoms with E-state index in [1.165, 1.54) is 7.11 Å². The molecule has 0 aliphatic carbocycles. The molecule has 4 rings (SSSR count). The molecule has 0 aliphatic rings. The quantitative estimate of drug-likeness (QED) is 0.477. The number of hydrogen-bond donors (Lipinski definition) is 1. The van der Waals surface area contributed by atoms with Crippen molar-refractivity contribution >= 4 is 34.3 Å². The molecule has 0 atom stereocenters. The Morgan fingerprint density at radius 1 is 1.00 bits per heavy atom. The van der Waals surface area contributed by atoms with Crippen molar-refractivity contribution in [2.45, 2.75) is 0 Å². The minimum absolute atomic E-state index is 0.274. The predicted octanol–water partition coefficient (Wildman–Crippen LogP) is 5.42. The number of carbonyl (C=O) groups excluding carboxylic acids is 1. The summed E-state index contributed by atoms with van der Waals surface area (Å²) in [6.07, 6.45) is 0. The van der Waals surface area contributed by atoms with Crippen LogP contribution in [0.15, 0.2) is 65.1 Å². The maximum Gasteiger partial charge on any atom is 0.255 e. The van der Waals surface area contributed by atoms with Gasteiger partial charge in [-0.25, -0.2) is 4.98 Å².